The molecule has 1 aromatic carbocycles. The van der Waals surface area contributed by atoms with Crippen LogP contribution in [0.1, 0.15) is 30.1 Å². The smallest absolute Gasteiger partial charge is 0.349 e. The summed E-state index contributed by atoms with van der Waals surface area (Å²) in [5.74, 6) is 0.275. The third-order valence-corrected chi connectivity index (χ3v) is 3.65. The second-order valence-corrected chi connectivity index (χ2v) is 5.05. The van der Waals surface area contributed by atoms with Crippen molar-refractivity contribution in [3.05, 3.63) is 40.2 Å². The summed E-state index contributed by atoms with van der Waals surface area (Å²) in [5, 5.41) is 0.697. The van der Waals surface area contributed by atoms with Crippen LogP contribution in [0.15, 0.2) is 33.5 Å². The largest absolute Gasteiger partial charge is 0.490 e. The number of amides is 1. The number of hydrogen-bond acceptors (Lipinski definition) is 4. The molecule has 0 spiro atoms. The van der Waals surface area contributed by atoms with Crippen molar-refractivity contribution in [2.75, 3.05) is 19.7 Å². The van der Waals surface area contributed by atoms with E-state index in [-0.39, 0.29) is 11.5 Å². The van der Waals surface area contributed by atoms with Crippen LogP contribution in [0.3, 0.4) is 0 Å². The summed E-state index contributed by atoms with van der Waals surface area (Å²) in [6.07, 6.45) is 1.97. The predicted octanol–water partition coefficient (Wildman–Crippen LogP) is 2.43. The molecule has 1 aliphatic rings. The summed E-state index contributed by atoms with van der Waals surface area (Å²) < 4.78 is 10.8. The maximum atomic E-state index is 12.4. The SMILES string of the molecule is CCOc1cccc2cc(C(=O)N3CCCC3)c(=O)oc12. The number of carbonyl (C=O) groups is 1. The van der Waals surface area contributed by atoms with E-state index < -0.39 is 5.63 Å². The molecule has 5 heteroatoms. The second-order valence-electron chi connectivity index (χ2n) is 5.05. The first kappa shape index (κ1) is 13.7. The molecular weight excluding hydrogens is 270 g/mol. The van der Waals surface area contributed by atoms with Gasteiger partial charge in [-0.2, -0.15) is 0 Å². The van der Waals surface area contributed by atoms with Crippen LogP contribution in [-0.2, 0) is 0 Å². The van der Waals surface area contributed by atoms with E-state index in [1.165, 1.54) is 0 Å². The van der Waals surface area contributed by atoms with Crippen LogP contribution in [-0.4, -0.2) is 30.5 Å². The monoisotopic (exact) mass is 287 g/mol. The van der Waals surface area contributed by atoms with E-state index in [1.54, 1.807) is 17.0 Å². The lowest BCUT2D eigenvalue weighted by Crippen LogP contribution is -2.31. The molecule has 21 heavy (non-hydrogen) atoms. The highest BCUT2D eigenvalue weighted by Crippen LogP contribution is 2.25. The maximum absolute atomic E-state index is 12.4. The van der Waals surface area contributed by atoms with Gasteiger partial charge in [-0.3, -0.25) is 4.79 Å². The number of fused-ring (bicyclic) bond motifs is 1. The van der Waals surface area contributed by atoms with E-state index in [0.29, 0.717) is 36.4 Å². The van der Waals surface area contributed by atoms with Crippen molar-refractivity contribution in [3.63, 3.8) is 0 Å². The molecule has 1 amide bonds. The van der Waals surface area contributed by atoms with E-state index in [9.17, 15) is 9.59 Å². The van der Waals surface area contributed by atoms with E-state index in [4.69, 9.17) is 9.15 Å². The van der Waals surface area contributed by atoms with Crippen molar-refractivity contribution in [1.82, 2.24) is 4.90 Å². The van der Waals surface area contributed by atoms with Crippen LogP contribution >= 0.6 is 0 Å². The molecule has 0 bridgehead atoms. The highest BCUT2D eigenvalue weighted by molar-refractivity contribution is 5.97. The first-order chi connectivity index (χ1) is 10.2. The summed E-state index contributed by atoms with van der Waals surface area (Å²) in [6, 6.07) is 6.97. The fraction of sp³-hybridized carbons (Fsp3) is 0.375. The van der Waals surface area contributed by atoms with Crippen molar-refractivity contribution in [1.29, 1.82) is 0 Å². The number of benzene rings is 1. The highest BCUT2D eigenvalue weighted by atomic mass is 16.5. The predicted molar refractivity (Wildman–Crippen MR) is 78.8 cm³/mol. The molecule has 5 nitrogen and oxygen atoms in total. The standard InChI is InChI=1S/C16H17NO4/c1-2-20-13-7-5-6-11-10-12(16(19)21-14(11)13)15(18)17-8-3-4-9-17/h5-7,10H,2-4,8-9H2,1H3. The zero-order valence-corrected chi connectivity index (χ0v) is 11.9. The van der Waals surface area contributed by atoms with Gasteiger partial charge in [0, 0.05) is 18.5 Å². The Hall–Kier alpha value is -2.30. The number of carbonyl (C=O) groups excluding carboxylic acids is 1. The van der Waals surface area contributed by atoms with E-state index in [0.717, 1.165) is 12.8 Å². The van der Waals surface area contributed by atoms with Gasteiger partial charge in [-0.15, -0.1) is 0 Å². The molecule has 110 valence electrons. The molecule has 0 atom stereocenters. The van der Waals surface area contributed by atoms with Gasteiger partial charge in [0.15, 0.2) is 11.3 Å². The van der Waals surface area contributed by atoms with Crippen LogP contribution in [0, 0.1) is 0 Å². The van der Waals surface area contributed by atoms with Crippen LogP contribution in [0.4, 0.5) is 0 Å². The van der Waals surface area contributed by atoms with Crippen LogP contribution in [0.5, 0.6) is 5.75 Å². The van der Waals surface area contributed by atoms with Crippen molar-refractivity contribution < 1.29 is 13.9 Å². The van der Waals surface area contributed by atoms with Gasteiger partial charge in [0.05, 0.1) is 6.61 Å². The van der Waals surface area contributed by atoms with E-state index in [2.05, 4.69) is 0 Å². The molecule has 0 N–H and O–H groups in total. The molecule has 3 rings (SSSR count). The zero-order valence-electron chi connectivity index (χ0n) is 11.9. The second kappa shape index (κ2) is 5.60. The lowest BCUT2D eigenvalue weighted by molar-refractivity contribution is 0.0788. The normalized spacial score (nSPS) is 14.6. The molecule has 2 heterocycles. The minimum atomic E-state index is -0.605. The fourth-order valence-corrected chi connectivity index (χ4v) is 2.63. The summed E-state index contributed by atoms with van der Waals surface area (Å²) in [4.78, 5) is 26.2. The summed E-state index contributed by atoms with van der Waals surface area (Å²) in [7, 11) is 0. The minimum Gasteiger partial charge on any atom is -0.490 e. The van der Waals surface area contributed by atoms with Crippen molar-refractivity contribution >= 4 is 16.9 Å². The average Bonchev–Trinajstić information content (AvgIpc) is 3.01. The Morgan fingerprint density at radius 2 is 2.10 bits per heavy atom. The lowest BCUT2D eigenvalue weighted by Gasteiger charge is -2.14. The van der Waals surface area contributed by atoms with Crippen LogP contribution in [0.25, 0.3) is 11.0 Å². The highest BCUT2D eigenvalue weighted by Gasteiger charge is 2.23. The van der Waals surface area contributed by atoms with Gasteiger partial charge in [-0.25, -0.2) is 4.79 Å². The Morgan fingerprint density at radius 1 is 1.33 bits per heavy atom. The Labute approximate surface area is 122 Å². The number of nitrogens with zero attached hydrogens (tertiary/aromatic N) is 1. The van der Waals surface area contributed by atoms with Crippen molar-refractivity contribution in [2.45, 2.75) is 19.8 Å². The van der Waals surface area contributed by atoms with Crippen LogP contribution in [0.2, 0.25) is 0 Å². The first-order valence-corrected chi connectivity index (χ1v) is 7.19. The minimum absolute atomic E-state index is 0.0954. The van der Waals surface area contributed by atoms with Gasteiger partial charge in [-0.05, 0) is 31.9 Å². The molecule has 0 unspecified atom stereocenters. The molecule has 1 aliphatic heterocycles. The van der Waals surface area contributed by atoms with Gasteiger partial charge >= 0.3 is 5.63 Å². The topological polar surface area (TPSA) is 59.8 Å². The number of rotatable bonds is 3. The molecular formula is C16H17NO4. The Bertz CT molecular complexity index is 729. The van der Waals surface area contributed by atoms with Crippen molar-refractivity contribution in [2.24, 2.45) is 0 Å². The zero-order chi connectivity index (χ0) is 14.8. The quantitative estimate of drug-likeness (QED) is 0.813. The number of hydrogen-bond donors (Lipinski definition) is 0. The molecule has 1 aromatic heterocycles. The number of likely N-dealkylation sites (tertiary alicyclic amines) is 1. The van der Waals surface area contributed by atoms with E-state index >= 15 is 0 Å². The third kappa shape index (κ3) is 2.51. The first-order valence-electron chi connectivity index (χ1n) is 7.19. The fourth-order valence-electron chi connectivity index (χ4n) is 2.63. The lowest BCUT2D eigenvalue weighted by atomic mass is 10.1. The van der Waals surface area contributed by atoms with Gasteiger partial charge in [0.1, 0.15) is 5.56 Å². The Balaban J connectivity index is 2.07. The molecule has 1 saturated heterocycles. The molecule has 0 saturated carbocycles. The Morgan fingerprint density at radius 3 is 2.81 bits per heavy atom. The number of ether oxygens (including phenoxy) is 1. The van der Waals surface area contributed by atoms with Gasteiger partial charge in [0.2, 0.25) is 0 Å². The summed E-state index contributed by atoms with van der Waals surface area (Å²) >= 11 is 0. The maximum Gasteiger partial charge on any atom is 0.349 e. The molecule has 0 aliphatic carbocycles. The van der Waals surface area contributed by atoms with E-state index in [1.807, 2.05) is 19.1 Å². The Kier molecular flexibility index (Phi) is 3.64. The third-order valence-electron chi connectivity index (χ3n) is 3.65. The van der Waals surface area contributed by atoms with Gasteiger partial charge in [0.25, 0.3) is 5.91 Å². The molecule has 0 radical (unpaired) electrons. The van der Waals surface area contributed by atoms with Crippen molar-refractivity contribution in [3.8, 4) is 5.75 Å². The molecule has 1 fully saturated rings. The van der Waals surface area contributed by atoms with Crippen LogP contribution < -0.4 is 10.4 Å². The van der Waals surface area contributed by atoms with Gasteiger partial charge < -0.3 is 14.1 Å². The van der Waals surface area contributed by atoms with Gasteiger partial charge in [-0.1, -0.05) is 12.1 Å². The molecule has 2 aromatic rings. The summed E-state index contributed by atoms with van der Waals surface area (Å²) in [6.45, 7) is 3.75. The number of para-hydroxylation sites is 1. The average molecular weight is 287 g/mol. The summed E-state index contributed by atoms with van der Waals surface area (Å²) in [5.41, 5.74) is -0.119.